The summed E-state index contributed by atoms with van der Waals surface area (Å²) < 4.78 is 53.4. The molecule has 5 heterocycles. The zero-order valence-corrected chi connectivity index (χ0v) is 42.9. The average Bonchev–Trinajstić information content (AvgIpc) is 4.03. The van der Waals surface area contributed by atoms with Gasteiger partial charge in [-0.15, -0.1) is 0 Å². The normalized spacial score (nSPS) is 40.2. The number of aromatic nitrogens is 2. The Bertz CT molecular complexity index is 2050. The molecule has 1 aromatic heterocycles. The summed E-state index contributed by atoms with van der Waals surface area (Å²) in [4.78, 5) is 17.9. The standard InChI is InChI=1S/C29H55N5O18.C15H16Cl3N3O2/c30-3-11-23(51-28-20(43)19(42)17(40)13(5-36)47-28)18(41)15(34)27(45-11)50-24-14(6-37)48-29(21(24)44)52-25-16(39)7(31)1-8(32)22(25)49-26-9(33)2-10(38)12(4-35)46-26;1-2-4-20(15(22)21-5-3-19-10-21)6-7-23-14-12(17)8-11(16)9-13(14)18/h7-29,35-44H,1-6,30-34H2;3,5,8-10H,2,4,6-7H2,1H3/t7-,8+,9-,10+,11+,12-,13-,14-,15-,16+,17-,18-,19+,20+,21-,22-,23-,24-,25-,26-,27-,28-,29+;/m1./s1. The number of rotatable bonds is 18. The highest BCUT2D eigenvalue weighted by Gasteiger charge is 2.55. The first-order chi connectivity index (χ1) is 35.7. The highest BCUT2D eigenvalue weighted by Crippen LogP contribution is 2.37. The second-order valence-electron chi connectivity index (χ2n) is 18.7. The average molecular weight is 1140 g/mol. The number of amides is 1. The van der Waals surface area contributed by atoms with Crippen molar-refractivity contribution in [3.05, 3.63) is 45.9 Å². The van der Waals surface area contributed by atoms with Gasteiger partial charge in [-0.1, -0.05) is 41.7 Å². The molecule has 1 amide bonds. The maximum absolute atomic E-state index is 12.3. The topological polar surface area (TPSA) is 454 Å². The molecule has 2 aromatic rings. The number of hydrogen-bond donors (Lipinski definition) is 15. The van der Waals surface area contributed by atoms with Crippen molar-refractivity contribution >= 4 is 40.8 Å². The minimum Gasteiger partial charge on any atom is -0.489 e. The van der Waals surface area contributed by atoms with E-state index in [9.17, 15) is 55.9 Å². The van der Waals surface area contributed by atoms with Crippen LogP contribution < -0.4 is 33.4 Å². The third-order valence-corrected chi connectivity index (χ3v) is 14.1. The molecule has 428 valence electrons. The number of aliphatic hydroxyl groups is 10. The lowest BCUT2D eigenvalue weighted by molar-refractivity contribution is -0.348. The molecule has 0 spiro atoms. The van der Waals surface area contributed by atoms with Crippen molar-refractivity contribution in [2.24, 2.45) is 28.7 Å². The summed E-state index contributed by atoms with van der Waals surface area (Å²) in [5.41, 5.74) is 30.8. The number of nitrogens with two attached hydrogens (primary N) is 5. The Labute approximate surface area is 445 Å². The van der Waals surface area contributed by atoms with E-state index in [1.165, 1.54) is 10.9 Å². The predicted molar refractivity (Wildman–Crippen MR) is 259 cm³/mol. The molecule has 1 aliphatic carbocycles. The first kappa shape index (κ1) is 61.9. The van der Waals surface area contributed by atoms with E-state index in [0.717, 1.165) is 6.42 Å². The lowest BCUT2D eigenvalue weighted by atomic mass is 9.84. The molecule has 1 saturated carbocycles. The van der Waals surface area contributed by atoms with Crippen LogP contribution in [0.5, 0.6) is 5.75 Å². The first-order valence-corrected chi connectivity index (χ1v) is 25.4. The summed E-state index contributed by atoms with van der Waals surface area (Å²) >= 11 is 18.0. The molecule has 0 unspecified atom stereocenters. The molecule has 0 radical (unpaired) electrons. The smallest absolute Gasteiger partial charge is 0.329 e. The Morgan fingerprint density at radius 3 is 1.85 bits per heavy atom. The number of carbonyl (C=O) groups is 1. The molecule has 7 rings (SSSR count). The predicted octanol–water partition coefficient (Wildman–Crippen LogP) is -5.41. The lowest BCUT2D eigenvalue weighted by Crippen LogP contribution is -2.67. The van der Waals surface area contributed by atoms with Crippen LogP contribution in [-0.4, -0.2) is 258 Å². The summed E-state index contributed by atoms with van der Waals surface area (Å²) in [6.45, 7) is 1.02. The van der Waals surface area contributed by atoms with E-state index < -0.39 is 161 Å². The molecule has 0 bridgehead atoms. The summed E-state index contributed by atoms with van der Waals surface area (Å²) in [7, 11) is 0. The Kier molecular flexibility index (Phi) is 23.2. The van der Waals surface area contributed by atoms with Crippen LogP contribution in [0.4, 0.5) is 4.79 Å². The number of aliphatic hydroxyl groups excluding tert-OH is 10. The van der Waals surface area contributed by atoms with E-state index in [4.69, 9.17) is 106 Å². The van der Waals surface area contributed by atoms with E-state index in [1.807, 2.05) is 6.92 Å². The fourth-order valence-electron chi connectivity index (χ4n) is 9.20. The zero-order valence-electron chi connectivity index (χ0n) is 40.7. The monoisotopic (exact) mass is 1140 g/mol. The van der Waals surface area contributed by atoms with E-state index in [2.05, 4.69) is 4.98 Å². The maximum atomic E-state index is 12.3. The number of nitrogens with zero attached hydrogens (tertiary/aromatic N) is 3. The third kappa shape index (κ3) is 14.7. The lowest BCUT2D eigenvalue weighted by Gasteiger charge is -2.47. The third-order valence-electron chi connectivity index (χ3n) is 13.3. The first-order valence-electron chi connectivity index (χ1n) is 24.3. The van der Waals surface area contributed by atoms with Gasteiger partial charge in [-0.05, 0) is 31.4 Å². The largest absolute Gasteiger partial charge is 0.489 e. The minimum absolute atomic E-state index is 0.0266. The van der Waals surface area contributed by atoms with E-state index >= 15 is 0 Å². The number of benzene rings is 1. The Balaban J connectivity index is 0.000000331. The second kappa shape index (κ2) is 28.2. The molecule has 1 aromatic carbocycles. The van der Waals surface area contributed by atoms with Crippen LogP contribution in [0.1, 0.15) is 26.2 Å². The van der Waals surface area contributed by atoms with Crippen LogP contribution in [-0.2, 0) is 37.9 Å². The van der Waals surface area contributed by atoms with Crippen molar-refractivity contribution in [2.75, 3.05) is 46.1 Å². The van der Waals surface area contributed by atoms with Gasteiger partial charge in [-0.3, -0.25) is 4.57 Å². The molecule has 4 saturated heterocycles. The number of hydrogen-bond acceptors (Lipinski definition) is 26. The molecule has 28 nitrogen and oxygen atoms in total. The SMILES string of the molecule is CCCN(CCOc1c(Cl)cc(Cl)cc1Cl)C(=O)n1ccnc1.NC[C@@H]1O[C@H](O[C@H]2[C@@H](O)[C@H](O[C@@H]3[C@@H](O)[C@H](N)C[C@H](N)[C@H]3O[C@H]3O[C@H](CO)[C@@H](O)C[C@H]3N)O[C@@H]2CO)[C@H](N)[C@@H](O)[C@@H]1O[C@H]1O[C@H](CO)[C@@H](O)[C@H](O)[C@@H]1O. The van der Waals surface area contributed by atoms with Gasteiger partial charge in [0.15, 0.2) is 30.9 Å². The van der Waals surface area contributed by atoms with E-state index in [-0.39, 0.29) is 32.0 Å². The van der Waals surface area contributed by atoms with E-state index in [1.54, 1.807) is 29.4 Å². The van der Waals surface area contributed by atoms with Crippen LogP contribution in [0.3, 0.4) is 0 Å². The molecule has 75 heavy (non-hydrogen) atoms. The van der Waals surface area contributed by atoms with Crippen LogP contribution in [0.15, 0.2) is 30.9 Å². The van der Waals surface area contributed by atoms with Crippen LogP contribution in [0, 0.1) is 0 Å². The van der Waals surface area contributed by atoms with Gasteiger partial charge in [-0.2, -0.15) is 0 Å². The highest BCUT2D eigenvalue weighted by molar-refractivity contribution is 6.40. The van der Waals surface area contributed by atoms with Crippen molar-refractivity contribution < 1.29 is 98.5 Å². The summed E-state index contributed by atoms with van der Waals surface area (Å²) in [5, 5.41) is 105. The summed E-state index contributed by atoms with van der Waals surface area (Å²) in [6.07, 6.45) is -21.4. The Morgan fingerprint density at radius 1 is 0.667 bits per heavy atom. The van der Waals surface area contributed by atoms with Gasteiger partial charge >= 0.3 is 6.03 Å². The molecular weight excluding hydrogens is 1070 g/mol. The number of ether oxygens (including phenoxy) is 9. The van der Waals surface area contributed by atoms with E-state index in [0.29, 0.717) is 33.9 Å². The van der Waals surface area contributed by atoms with Gasteiger partial charge in [0.05, 0.1) is 60.7 Å². The number of halogens is 3. The number of carbonyl (C=O) groups excluding carboxylic acids is 1. The van der Waals surface area contributed by atoms with Crippen molar-refractivity contribution in [1.29, 1.82) is 0 Å². The molecule has 20 N–H and O–H groups in total. The summed E-state index contributed by atoms with van der Waals surface area (Å²) in [6, 6.07) is -1.04. The van der Waals surface area contributed by atoms with Crippen LogP contribution in [0.2, 0.25) is 15.1 Å². The second-order valence-corrected chi connectivity index (χ2v) is 19.9. The molecule has 5 aliphatic rings. The van der Waals surface area contributed by atoms with Crippen molar-refractivity contribution in [1.82, 2.24) is 14.5 Å². The maximum Gasteiger partial charge on any atom is 0.329 e. The van der Waals surface area contributed by atoms with Crippen LogP contribution >= 0.6 is 34.8 Å². The Hall–Kier alpha value is -2.35. The van der Waals surface area contributed by atoms with Gasteiger partial charge in [0.25, 0.3) is 0 Å². The van der Waals surface area contributed by atoms with Gasteiger partial charge in [0, 0.05) is 42.6 Å². The van der Waals surface area contributed by atoms with Crippen molar-refractivity contribution in [3.8, 4) is 5.75 Å². The molecule has 23 atom stereocenters. The Morgan fingerprint density at radius 2 is 1.24 bits per heavy atom. The minimum atomic E-state index is -1.80. The quantitative estimate of drug-likeness (QED) is 0.0662. The molecular formula is C44H71Cl3N8O20. The van der Waals surface area contributed by atoms with Crippen molar-refractivity contribution in [2.45, 2.75) is 167 Å². The van der Waals surface area contributed by atoms with Crippen molar-refractivity contribution in [3.63, 3.8) is 0 Å². The van der Waals surface area contributed by atoms with Gasteiger partial charge < -0.3 is 127 Å². The fourth-order valence-corrected chi connectivity index (χ4v) is 10.1. The van der Waals surface area contributed by atoms with Crippen LogP contribution in [0.25, 0.3) is 0 Å². The molecule has 4 aliphatic heterocycles. The van der Waals surface area contributed by atoms with Gasteiger partial charge in [0.1, 0.15) is 92.3 Å². The van der Waals surface area contributed by atoms with Gasteiger partial charge in [0.2, 0.25) is 0 Å². The zero-order chi connectivity index (χ0) is 55.0. The number of imidazole rings is 1. The van der Waals surface area contributed by atoms with Gasteiger partial charge in [-0.25, -0.2) is 9.78 Å². The molecule has 5 fully saturated rings. The summed E-state index contributed by atoms with van der Waals surface area (Å²) in [5.74, 6) is 0.365. The highest BCUT2D eigenvalue weighted by atomic mass is 35.5. The molecule has 31 heteroatoms. The fraction of sp³-hybridized carbons (Fsp3) is 0.773.